The van der Waals surface area contributed by atoms with Gasteiger partial charge in [-0.15, -0.1) is 17.9 Å². The summed E-state index contributed by atoms with van der Waals surface area (Å²) in [5.74, 6) is -0.210. The second kappa shape index (κ2) is 6.40. The molecule has 1 aromatic carbocycles. The molecule has 0 radical (unpaired) electrons. The average molecular weight is 344 g/mol. The van der Waals surface area contributed by atoms with E-state index < -0.39 is 0 Å². The van der Waals surface area contributed by atoms with Crippen LogP contribution in [0.3, 0.4) is 0 Å². The standard InChI is InChI=1S/C17H14ClN3OS/c1-2-9-20-16(22)15-14(19)12-7-8-13(21-17(12)23-15)10-3-5-11(18)6-4-10/h2-8H,1,9,19H2,(H,20,22). The minimum absolute atomic E-state index is 0.210. The molecule has 1 amide bonds. The molecule has 116 valence electrons. The first-order valence-electron chi connectivity index (χ1n) is 6.94. The van der Waals surface area contributed by atoms with Gasteiger partial charge in [-0.3, -0.25) is 4.79 Å². The molecule has 3 rings (SSSR count). The minimum atomic E-state index is -0.210. The molecule has 0 bridgehead atoms. The van der Waals surface area contributed by atoms with E-state index in [9.17, 15) is 4.79 Å². The molecule has 0 aliphatic heterocycles. The number of halogens is 1. The minimum Gasteiger partial charge on any atom is -0.397 e. The van der Waals surface area contributed by atoms with Crippen LogP contribution in [0.1, 0.15) is 9.67 Å². The van der Waals surface area contributed by atoms with Gasteiger partial charge in [0.2, 0.25) is 0 Å². The van der Waals surface area contributed by atoms with Crippen LogP contribution >= 0.6 is 22.9 Å². The van der Waals surface area contributed by atoms with Crippen LogP contribution in [0.25, 0.3) is 21.5 Å². The monoisotopic (exact) mass is 343 g/mol. The Balaban J connectivity index is 2.01. The molecule has 0 unspecified atom stereocenters. The van der Waals surface area contributed by atoms with E-state index in [1.165, 1.54) is 11.3 Å². The quantitative estimate of drug-likeness (QED) is 0.700. The van der Waals surface area contributed by atoms with Gasteiger partial charge in [-0.2, -0.15) is 0 Å². The van der Waals surface area contributed by atoms with Crippen molar-refractivity contribution >= 4 is 44.7 Å². The number of nitrogens with one attached hydrogen (secondary N) is 1. The van der Waals surface area contributed by atoms with Gasteiger partial charge >= 0.3 is 0 Å². The number of thiophene rings is 1. The van der Waals surface area contributed by atoms with Gasteiger partial charge < -0.3 is 11.1 Å². The fraction of sp³-hybridized carbons (Fsp3) is 0.0588. The summed E-state index contributed by atoms with van der Waals surface area (Å²) in [5, 5.41) is 4.20. The molecule has 3 N–H and O–H groups in total. The third kappa shape index (κ3) is 3.06. The molecule has 0 saturated carbocycles. The molecule has 3 aromatic rings. The summed E-state index contributed by atoms with van der Waals surface area (Å²) in [6.45, 7) is 3.98. The lowest BCUT2D eigenvalue weighted by Crippen LogP contribution is -2.22. The third-order valence-electron chi connectivity index (χ3n) is 3.35. The molecule has 0 atom stereocenters. The van der Waals surface area contributed by atoms with Crippen molar-refractivity contribution in [1.82, 2.24) is 10.3 Å². The summed E-state index contributed by atoms with van der Waals surface area (Å²) in [6, 6.07) is 11.2. The topological polar surface area (TPSA) is 68.0 Å². The molecule has 2 heterocycles. The number of nitrogens with zero attached hydrogens (tertiary/aromatic N) is 1. The average Bonchev–Trinajstić information content (AvgIpc) is 2.90. The first-order chi connectivity index (χ1) is 11.1. The summed E-state index contributed by atoms with van der Waals surface area (Å²) in [5.41, 5.74) is 8.32. The van der Waals surface area contributed by atoms with Crippen molar-refractivity contribution < 1.29 is 4.79 Å². The van der Waals surface area contributed by atoms with E-state index in [0.29, 0.717) is 22.1 Å². The van der Waals surface area contributed by atoms with E-state index in [4.69, 9.17) is 17.3 Å². The van der Waals surface area contributed by atoms with E-state index in [-0.39, 0.29) is 5.91 Å². The van der Waals surface area contributed by atoms with Crippen LogP contribution in [-0.2, 0) is 0 Å². The second-order valence-corrected chi connectivity index (χ2v) is 6.34. The van der Waals surface area contributed by atoms with Crippen molar-refractivity contribution in [2.24, 2.45) is 0 Å². The summed E-state index contributed by atoms with van der Waals surface area (Å²) < 4.78 is 0. The van der Waals surface area contributed by atoms with Crippen LogP contribution in [0.2, 0.25) is 5.02 Å². The number of carbonyl (C=O) groups excluding carboxylic acids is 1. The highest BCUT2D eigenvalue weighted by Crippen LogP contribution is 2.34. The van der Waals surface area contributed by atoms with Crippen LogP contribution in [0.5, 0.6) is 0 Å². The molecule has 0 spiro atoms. The second-order valence-electron chi connectivity index (χ2n) is 4.90. The van der Waals surface area contributed by atoms with Crippen molar-refractivity contribution in [1.29, 1.82) is 0 Å². The number of carbonyl (C=O) groups is 1. The van der Waals surface area contributed by atoms with Crippen molar-refractivity contribution in [3.63, 3.8) is 0 Å². The highest BCUT2D eigenvalue weighted by Gasteiger charge is 2.17. The maximum atomic E-state index is 12.1. The molecule has 2 aromatic heterocycles. The number of amides is 1. The van der Waals surface area contributed by atoms with Gasteiger partial charge in [-0.25, -0.2) is 4.98 Å². The van der Waals surface area contributed by atoms with Crippen LogP contribution in [-0.4, -0.2) is 17.4 Å². The number of hydrogen-bond donors (Lipinski definition) is 2. The fourth-order valence-electron chi connectivity index (χ4n) is 2.19. The molecular weight excluding hydrogens is 330 g/mol. The van der Waals surface area contributed by atoms with Gasteiger partial charge in [0.15, 0.2) is 0 Å². The molecule has 6 heteroatoms. The number of fused-ring (bicyclic) bond motifs is 1. The van der Waals surface area contributed by atoms with Crippen molar-refractivity contribution in [3.8, 4) is 11.3 Å². The summed E-state index contributed by atoms with van der Waals surface area (Å²) in [7, 11) is 0. The zero-order valence-corrected chi connectivity index (χ0v) is 13.7. The lowest BCUT2D eigenvalue weighted by Gasteiger charge is -2.01. The van der Waals surface area contributed by atoms with Gasteiger partial charge in [0.25, 0.3) is 5.91 Å². The van der Waals surface area contributed by atoms with Crippen molar-refractivity contribution in [3.05, 3.63) is 59.0 Å². The van der Waals surface area contributed by atoms with Crippen molar-refractivity contribution in [2.45, 2.75) is 0 Å². The molecular formula is C17H14ClN3OS. The van der Waals surface area contributed by atoms with Gasteiger partial charge in [0.05, 0.1) is 11.4 Å². The van der Waals surface area contributed by atoms with E-state index in [1.54, 1.807) is 6.08 Å². The highest BCUT2D eigenvalue weighted by molar-refractivity contribution is 7.21. The maximum absolute atomic E-state index is 12.1. The Morgan fingerprint density at radius 2 is 2.04 bits per heavy atom. The first kappa shape index (κ1) is 15.5. The van der Waals surface area contributed by atoms with E-state index in [2.05, 4.69) is 16.9 Å². The molecule has 23 heavy (non-hydrogen) atoms. The number of hydrogen-bond acceptors (Lipinski definition) is 4. The number of nitrogen functional groups attached to an aromatic ring is 1. The largest absolute Gasteiger partial charge is 0.397 e. The van der Waals surface area contributed by atoms with E-state index in [0.717, 1.165) is 21.5 Å². The Hall–Kier alpha value is -2.37. The Morgan fingerprint density at radius 1 is 1.30 bits per heavy atom. The SMILES string of the molecule is C=CCNC(=O)c1sc2nc(-c3ccc(Cl)cc3)ccc2c1N. The van der Waals surface area contributed by atoms with Crippen LogP contribution in [0, 0.1) is 0 Å². The number of aromatic nitrogens is 1. The third-order valence-corrected chi connectivity index (χ3v) is 4.71. The number of benzene rings is 1. The van der Waals surface area contributed by atoms with E-state index in [1.807, 2.05) is 36.4 Å². The van der Waals surface area contributed by atoms with E-state index >= 15 is 0 Å². The smallest absolute Gasteiger partial charge is 0.263 e. The Bertz CT molecular complexity index is 887. The zero-order chi connectivity index (χ0) is 16.4. The van der Waals surface area contributed by atoms with Crippen LogP contribution in [0.4, 0.5) is 5.69 Å². The molecule has 0 saturated heterocycles. The number of rotatable bonds is 4. The Kier molecular flexibility index (Phi) is 4.32. The predicted molar refractivity (Wildman–Crippen MR) is 97.0 cm³/mol. The fourth-order valence-corrected chi connectivity index (χ4v) is 3.33. The first-order valence-corrected chi connectivity index (χ1v) is 8.13. The van der Waals surface area contributed by atoms with Gasteiger partial charge in [0.1, 0.15) is 9.71 Å². The zero-order valence-electron chi connectivity index (χ0n) is 12.2. The lowest BCUT2D eigenvalue weighted by molar-refractivity contribution is 0.0963. The van der Waals surface area contributed by atoms with Gasteiger partial charge in [-0.1, -0.05) is 29.8 Å². The Labute approximate surface area is 142 Å². The number of nitrogens with two attached hydrogens (primary N) is 1. The lowest BCUT2D eigenvalue weighted by atomic mass is 10.1. The maximum Gasteiger partial charge on any atom is 0.263 e. The predicted octanol–water partition coefficient (Wildman–Crippen LogP) is 4.11. The Morgan fingerprint density at radius 3 is 2.74 bits per heavy atom. The summed E-state index contributed by atoms with van der Waals surface area (Å²) in [6.07, 6.45) is 1.62. The van der Waals surface area contributed by atoms with Crippen LogP contribution in [0.15, 0.2) is 49.1 Å². The molecule has 0 aliphatic carbocycles. The molecule has 0 fully saturated rings. The van der Waals surface area contributed by atoms with Gasteiger partial charge in [0, 0.05) is 22.5 Å². The number of anilines is 1. The van der Waals surface area contributed by atoms with Crippen molar-refractivity contribution in [2.75, 3.05) is 12.3 Å². The van der Waals surface area contributed by atoms with Gasteiger partial charge in [-0.05, 0) is 24.3 Å². The van der Waals surface area contributed by atoms with Crippen LogP contribution < -0.4 is 11.1 Å². The molecule has 4 nitrogen and oxygen atoms in total. The summed E-state index contributed by atoms with van der Waals surface area (Å²) in [4.78, 5) is 17.9. The number of pyridine rings is 1. The summed E-state index contributed by atoms with van der Waals surface area (Å²) >= 11 is 7.19. The highest BCUT2D eigenvalue weighted by atomic mass is 35.5. The molecule has 0 aliphatic rings. The normalized spacial score (nSPS) is 10.7.